The molecule has 0 radical (unpaired) electrons. The molecule has 0 N–H and O–H groups in total. The minimum absolute atomic E-state index is 0.0301. The Balaban J connectivity index is 1.28. The van der Waals surface area contributed by atoms with Crippen molar-refractivity contribution in [2.24, 2.45) is 0 Å². The van der Waals surface area contributed by atoms with Gasteiger partial charge in [0.05, 0.1) is 36.1 Å². The van der Waals surface area contributed by atoms with Crippen molar-refractivity contribution in [2.45, 2.75) is 19.0 Å². The van der Waals surface area contributed by atoms with Crippen molar-refractivity contribution in [3.63, 3.8) is 0 Å². The van der Waals surface area contributed by atoms with Gasteiger partial charge in [-0.15, -0.1) is 14.5 Å². The molecule has 0 amide bonds. The average Bonchev–Trinajstić information content (AvgIpc) is 3.43. The van der Waals surface area contributed by atoms with Crippen LogP contribution in [-0.2, 0) is 27.9 Å². The fraction of sp³-hybridized carbons (Fsp3) is 0.462. The van der Waals surface area contributed by atoms with E-state index < -0.39 is 51.9 Å². The van der Waals surface area contributed by atoms with E-state index in [0.717, 1.165) is 48.7 Å². The second kappa shape index (κ2) is 13.3. The number of benzene rings is 2. The van der Waals surface area contributed by atoms with Gasteiger partial charge in [0.15, 0.2) is 0 Å². The van der Waals surface area contributed by atoms with E-state index in [1.807, 2.05) is 9.21 Å². The molecule has 0 bridgehead atoms. The Kier molecular flexibility index (Phi) is 9.85. The highest BCUT2D eigenvalue weighted by atomic mass is 35.5. The summed E-state index contributed by atoms with van der Waals surface area (Å²) in [5.41, 5.74) is 0.0650. The molecule has 234 valence electrons. The van der Waals surface area contributed by atoms with E-state index in [0.29, 0.717) is 19.1 Å². The fourth-order valence-electron chi connectivity index (χ4n) is 4.96. The van der Waals surface area contributed by atoms with Gasteiger partial charge < -0.3 is 8.97 Å². The molecule has 2 aliphatic heterocycles. The first-order valence-corrected chi connectivity index (χ1v) is 16.8. The zero-order valence-corrected chi connectivity index (χ0v) is 25.4. The van der Waals surface area contributed by atoms with Crippen LogP contribution < -0.4 is 4.31 Å². The summed E-state index contributed by atoms with van der Waals surface area (Å²) in [6.45, 7) is 4.10. The second-order valence-electron chi connectivity index (χ2n) is 10.3. The number of rotatable bonds is 11. The summed E-state index contributed by atoms with van der Waals surface area (Å²) in [7, 11) is -4.06. The van der Waals surface area contributed by atoms with E-state index in [9.17, 15) is 26.1 Å². The summed E-state index contributed by atoms with van der Waals surface area (Å²) in [6.07, 6.45) is -1.33. The normalized spacial score (nSPS) is 18.2. The van der Waals surface area contributed by atoms with Gasteiger partial charge >= 0.3 is 6.43 Å². The lowest BCUT2D eigenvalue weighted by Crippen LogP contribution is -2.64. The lowest BCUT2D eigenvalue weighted by molar-refractivity contribution is 0.0430. The third kappa shape index (κ3) is 7.44. The van der Waals surface area contributed by atoms with Crippen molar-refractivity contribution in [1.29, 1.82) is 0 Å². The molecule has 3 heterocycles. The van der Waals surface area contributed by atoms with Crippen molar-refractivity contribution in [3.8, 4) is 11.5 Å². The lowest BCUT2D eigenvalue weighted by Gasteiger charge is -2.46. The summed E-state index contributed by atoms with van der Waals surface area (Å²) in [4.78, 5) is 4.35. The number of anilines is 1. The Morgan fingerprint density at radius 1 is 1.09 bits per heavy atom. The average molecular weight is 665 g/mol. The maximum absolute atomic E-state index is 15.2. The lowest BCUT2D eigenvalue weighted by atomic mass is 10.1. The largest absolute Gasteiger partial charge is 0.598 e. The van der Waals surface area contributed by atoms with Crippen molar-refractivity contribution < 1.29 is 34.9 Å². The van der Waals surface area contributed by atoms with Crippen LogP contribution in [0.2, 0.25) is 5.02 Å². The molecule has 5 rings (SSSR count). The molecular formula is C26H29ClF4N6O4S2. The molecule has 2 aliphatic rings. The van der Waals surface area contributed by atoms with Crippen LogP contribution in [-0.4, -0.2) is 101 Å². The molecule has 0 aliphatic carbocycles. The van der Waals surface area contributed by atoms with E-state index in [4.69, 9.17) is 16.0 Å². The van der Waals surface area contributed by atoms with Gasteiger partial charge in [-0.05, 0) is 30.3 Å². The molecule has 17 heteroatoms. The highest BCUT2D eigenvalue weighted by molar-refractivity contribution is 7.92. The first kappa shape index (κ1) is 31.9. The van der Waals surface area contributed by atoms with Crippen molar-refractivity contribution in [2.75, 3.05) is 62.1 Å². The van der Waals surface area contributed by atoms with Crippen molar-refractivity contribution in [1.82, 2.24) is 24.3 Å². The first-order chi connectivity index (χ1) is 20.4. The first-order valence-electron chi connectivity index (χ1n) is 13.3. The third-order valence-electron chi connectivity index (χ3n) is 7.55. The highest BCUT2D eigenvalue weighted by Gasteiger charge is 2.38. The van der Waals surface area contributed by atoms with E-state index in [1.165, 1.54) is 18.2 Å². The Labute approximate surface area is 254 Å². The number of hydrogen-bond donors (Lipinski definition) is 0. The van der Waals surface area contributed by atoms with E-state index in [-0.39, 0.29) is 40.0 Å². The zero-order chi connectivity index (χ0) is 30.9. The molecule has 2 saturated heterocycles. The fourth-order valence-corrected chi connectivity index (χ4v) is 7.38. The number of aromatic nitrogens is 2. The molecule has 1 atom stereocenters. The van der Waals surface area contributed by atoms with Crippen LogP contribution in [0.1, 0.15) is 17.9 Å². The highest BCUT2D eigenvalue weighted by Crippen LogP contribution is 2.30. The molecule has 10 nitrogen and oxygen atoms in total. The minimum Gasteiger partial charge on any atom is -0.598 e. The third-order valence-corrected chi connectivity index (χ3v) is 10.6. The quantitative estimate of drug-likeness (QED) is 0.225. The summed E-state index contributed by atoms with van der Waals surface area (Å²) >= 11 is 4.97. The number of nitrogens with zero attached hydrogens (tertiary/aromatic N) is 6. The Bertz CT molecular complexity index is 1540. The molecule has 1 aromatic heterocycles. The van der Waals surface area contributed by atoms with Gasteiger partial charge in [0.25, 0.3) is 5.89 Å². The van der Waals surface area contributed by atoms with Gasteiger partial charge in [0, 0.05) is 61.3 Å². The Morgan fingerprint density at radius 2 is 1.81 bits per heavy atom. The molecule has 0 spiro atoms. The molecule has 0 saturated carbocycles. The Hall–Kier alpha value is -2.47. The van der Waals surface area contributed by atoms with Gasteiger partial charge in [-0.1, -0.05) is 17.7 Å². The number of alkyl halides is 2. The molecule has 2 aromatic carbocycles. The van der Waals surface area contributed by atoms with Gasteiger partial charge in [-0.25, -0.2) is 17.2 Å². The monoisotopic (exact) mass is 664 g/mol. The number of halogens is 5. The van der Waals surface area contributed by atoms with Crippen LogP contribution in [0.15, 0.2) is 40.8 Å². The van der Waals surface area contributed by atoms with Gasteiger partial charge in [-0.3, -0.25) is 14.1 Å². The molecule has 43 heavy (non-hydrogen) atoms. The topological polar surface area (TPSA) is 109 Å². The van der Waals surface area contributed by atoms with E-state index in [2.05, 4.69) is 15.1 Å². The van der Waals surface area contributed by atoms with Crippen molar-refractivity contribution in [3.05, 3.63) is 64.5 Å². The minimum atomic E-state index is -4.06. The standard InChI is InChI=1S/C26H29ClF4N6O4S2/c1-42(38)36-15-20(16-36)35-8-6-34(7-9-35)10-11-43(39,40)37(19-4-5-22(28)21(27)13-19)14-18-3-2-17(12-23(18)29)25-32-33-26(41-25)24(30)31/h2-5,12-13,20,24H,6-11,14-16H2,1H3. The second-order valence-corrected chi connectivity index (χ2v) is 14.1. The predicted molar refractivity (Wildman–Crippen MR) is 153 cm³/mol. The summed E-state index contributed by atoms with van der Waals surface area (Å²) in [5, 5.41) is 6.44. The van der Waals surface area contributed by atoms with Gasteiger partial charge in [0.1, 0.15) is 17.9 Å². The van der Waals surface area contributed by atoms with Crippen LogP contribution in [0.4, 0.5) is 23.2 Å². The predicted octanol–water partition coefficient (Wildman–Crippen LogP) is 3.54. The summed E-state index contributed by atoms with van der Waals surface area (Å²) in [6, 6.07) is 7.40. The van der Waals surface area contributed by atoms with E-state index in [1.54, 1.807) is 6.26 Å². The molecule has 2 fully saturated rings. The van der Waals surface area contributed by atoms with Crippen molar-refractivity contribution >= 4 is 38.7 Å². The molecule has 1 unspecified atom stereocenters. The number of piperazine rings is 1. The Morgan fingerprint density at radius 3 is 2.42 bits per heavy atom. The maximum atomic E-state index is 15.2. The smallest absolute Gasteiger partial charge is 0.314 e. The van der Waals surface area contributed by atoms with Crippen LogP contribution in [0.5, 0.6) is 0 Å². The van der Waals surface area contributed by atoms with Crippen LogP contribution >= 0.6 is 11.6 Å². The number of hydrogen-bond acceptors (Lipinski definition) is 9. The summed E-state index contributed by atoms with van der Waals surface area (Å²) in [5.74, 6) is -3.08. The zero-order valence-electron chi connectivity index (χ0n) is 23.0. The maximum Gasteiger partial charge on any atom is 0.314 e. The van der Waals surface area contributed by atoms with Gasteiger partial charge in [0.2, 0.25) is 15.9 Å². The molecule has 3 aromatic rings. The van der Waals surface area contributed by atoms with Crippen LogP contribution in [0.3, 0.4) is 0 Å². The number of sulfonamides is 1. The van der Waals surface area contributed by atoms with Gasteiger partial charge in [-0.2, -0.15) is 8.78 Å². The van der Waals surface area contributed by atoms with Crippen LogP contribution in [0, 0.1) is 11.6 Å². The van der Waals surface area contributed by atoms with Crippen LogP contribution in [0.25, 0.3) is 11.5 Å². The van der Waals surface area contributed by atoms with E-state index >= 15 is 4.39 Å². The SMILES string of the molecule is C[S+]([O-])N1CC(N2CCN(CCS(=O)(=O)N(Cc3ccc(-c4nnc(C(F)F)o4)cc3F)c3ccc(F)c(Cl)c3)CC2)C1. The molecular weight excluding hydrogens is 636 g/mol. The summed E-state index contributed by atoms with van der Waals surface area (Å²) < 4.78 is 101.